The largest absolute Gasteiger partial charge is 0.497 e. The lowest BCUT2D eigenvalue weighted by atomic mass is 10.1. The van der Waals surface area contributed by atoms with E-state index in [0.29, 0.717) is 23.8 Å². The number of carbonyl (C=O) groups excluding carboxylic acids is 1. The molecule has 7 heteroatoms. The highest BCUT2D eigenvalue weighted by Gasteiger charge is 2.18. The van der Waals surface area contributed by atoms with E-state index in [0.717, 1.165) is 11.1 Å². The molecule has 0 aliphatic heterocycles. The van der Waals surface area contributed by atoms with Crippen LogP contribution in [-0.4, -0.2) is 28.0 Å². The van der Waals surface area contributed by atoms with Crippen molar-refractivity contribution in [2.75, 3.05) is 13.7 Å². The molecule has 0 bridgehead atoms. The summed E-state index contributed by atoms with van der Waals surface area (Å²) in [4.78, 5) is 12.4. The summed E-state index contributed by atoms with van der Waals surface area (Å²) in [6, 6.07) is 11.7. The van der Waals surface area contributed by atoms with E-state index >= 15 is 0 Å². The number of hydrogen-bond acceptors (Lipinski definition) is 4. The second kappa shape index (κ2) is 9.01. The molecule has 0 aromatic heterocycles. The Morgan fingerprint density at radius 1 is 1.11 bits per heavy atom. The first-order valence-electron chi connectivity index (χ1n) is 8.74. The van der Waals surface area contributed by atoms with E-state index in [-0.39, 0.29) is 17.3 Å². The summed E-state index contributed by atoms with van der Waals surface area (Å²) >= 11 is 0. The van der Waals surface area contributed by atoms with Gasteiger partial charge >= 0.3 is 0 Å². The normalized spacial score (nSPS) is 11.4. The minimum absolute atomic E-state index is 0.0660. The number of hydrogen-bond donors (Lipinski definition) is 2. The monoisotopic (exact) mass is 390 g/mol. The fourth-order valence-corrected chi connectivity index (χ4v) is 3.45. The lowest BCUT2D eigenvalue weighted by Gasteiger charge is -2.12. The zero-order valence-corrected chi connectivity index (χ0v) is 16.9. The van der Waals surface area contributed by atoms with Crippen molar-refractivity contribution in [3.63, 3.8) is 0 Å². The van der Waals surface area contributed by atoms with E-state index in [9.17, 15) is 13.2 Å². The van der Waals surface area contributed by atoms with Gasteiger partial charge in [-0.15, -0.1) is 0 Å². The van der Waals surface area contributed by atoms with Crippen LogP contribution in [0.5, 0.6) is 5.75 Å². The molecule has 0 aliphatic carbocycles. The molecular formula is C20H26N2O4S. The Labute approximate surface area is 161 Å². The molecule has 0 saturated carbocycles. The molecule has 0 fully saturated rings. The molecule has 2 rings (SSSR count). The van der Waals surface area contributed by atoms with Gasteiger partial charge in [-0.1, -0.05) is 32.0 Å². The molecule has 0 aliphatic rings. The average Bonchev–Trinajstić information content (AvgIpc) is 2.65. The predicted octanol–water partition coefficient (Wildman–Crippen LogP) is 2.87. The van der Waals surface area contributed by atoms with E-state index < -0.39 is 10.0 Å². The number of ether oxygens (including phenoxy) is 1. The zero-order chi connectivity index (χ0) is 20.0. The highest BCUT2D eigenvalue weighted by Crippen LogP contribution is 2.17. The summed E-state index contributed by atoms with van der Waals surface area (Å²) < 4.78 is 32.9. The van der Waals surface area contributed by atoms with E-state index in [4.69, 9.17) is 4.74 Å². The molecule has 2 N–H and O–H groups in total. The van der Waals surface area contributed by atoms with Gasteiger partial charge in [-0.3, -0.25) is 4.79 Å². The van der Waals surface area contributed by atoms with E-state index in [1.165, 1.54) is 12.1 Å². The van der Waals surface area contributed by atoms with Crippen LogP contribution in [0.25, 0.3) is 0 Å². The summed E-state index contributed by atoms with van der Waals surface area (Å²) in [6.45, 7) is 6.46. The Bertz CT molecular complexity index is 891. The molecule has 0 radical (unpaired) electrons. The first-order valence-corrected chi connectivity index (χ1v) is 10.2. The maximum absolute atomic E-state index is 12.6. The van der Waals surface area contributed by atoms with E-state index in [1.807, 2.05) is 13.8 Å². The SMILES string of the molecule is COc1ccc(CNS(=O)(=O)c2ccc(C)c(C(=O)NCC(C)C)c2)cc1. The van der Waals surface area contributed by atoms with Crippen molar-refractivity contribution in [1.82, 2.24) is 10.0 Å². The van der Waals surface area contributed by atoms with Crippen molar-refractivity contribution in [1.29, 1.82) is 0 Å². The Kier molecular flexibility index (Phi) is 6.98. The van der Waals surface area contributed by atoms with Gasteiger partial charge in [-0.25, -0.2) is 13.1 Å². The zero-order valence-electron chi connectivity index (χ0n) is 16.1. The minimum Gasteiger partial charge on any atom is -0.497 e. The first-order chi connectivity index (χ1) is 12.7. The molecule has 2 aromatic rings. The first kappa shape index (κ1) is 20.9. The van der Waals surface area contributed by atoms with Gasteiger partial charge in [0, 0.05) is 18.7 Å². The fraction of sp³-hybridized carbons (Fsp3) is 0.350. The van der Waals surface area contributed by atoms with Gasteiger partial charge in [0.1, 0.15) is 5.75 Å². The molecule has 0 heterocycles. The highest BCUT2D eigenvalue weighted by atomic mass is 32.2. The number of nitrogens with one attached hydrogen (secondary N) is 2. The predicted molar refractivity (Wildman–Crippen MR) is 105 cm³/mol. The molecule has 0 saturated heterocycles. The number of benzene rings is 2. The maximum atomic E-state index is 12.6. The topological polar surface area (TPSA) is 84.5 Å². The Morgan fingerprint density at radius 3 is 2.37 bits per heavy atom. The lowest BCUT2D eigenvalue weighted by Crippen LogP contribution is -2.28. The third-order valence-corrected chi connectivity index (χ3v) is 5.46. The summed E-state index contributed by atoms with van der Waals surface area (Å²) in [5.41, 5.74) is 1.90. The highest BCUT2D eigenvalue weighted by molar-refractivity contribution is 7.89. The molecular weight excluding hydrogens is 364 g/mol. The number of methoxy groups -OCH3 is 1. The second-order valence-corrected chi connectivity index (χ2v) is 8.52. The van der Waals surface area contributed by atoms with Crippen LogP contribution in [0.15, 0.2) is 47.4 Å². The van der Waals surface area contributed by atoms with Gasteiger partial charge in [0.05, 0.1) is 12.0 Å². The van der Waals surface area contributed by atoms with Crippen molar-refractivity contribution in [3.8, 4) is 5.75 Å². The van der Waals surface area contributed by atoms with Crippen molar-refractivity contribution >= 4 is 15.9 Å². The molecule has 0 spiro atoms. The molecule has 0 atom stereocenters. The Balaban J connectivity index is 2.14. The number of carbonyl (C=O) groups is 1. The number of sulfonamides is 1. The Hall–Kier alpha value is -2.38. The maximum Gasteiger partial charge on any atom is 0.251 e. The van der Waals surface area contributed by atoms with Crippen LogP contribution >= 0.6 is 0 Å². The molecule has 6 nitrogen and oxygen atoms in total. The van der Waals surface area contributed by atoms with Crippen molar-refractivity contribution in [2.24, 2.45) is 5.92 Å². The van der Waals surface area contributed by atoms with Crippen molar-refractivity contribution < 1.29 is 17.9 Å². The summed E-state index contributed by atoms with van der Waals surface area (Å²) in [7, 11) is -2.17. The third-order valence-electron chi connectivity index (χ3n) is 4.06. The van der Waals surface area contributed by atoms with Crippen LogP contribution in [0.3, 0.4) is 0 Å². The van der Waals surface area contributed by atoms with Crippen LogP contribution in [-0.2, 0) is 16.6 Å². The van der Waals surface area contributed by atoms with Crippen molar-refractivity contribution in [3.05, 3.63) is 59.2 Å². The van der Waals surface area contributed by atoms with Gasteiger partial charge in [0.25, 0.3) is 5.91 Å². The Morgan fingerprint density at radius 2 is 1.78 bits per heavy atom. The van der Waals surface area contributed by atoms with Crippen molar-refractivity contribution in [2.45, 2.75) is 32.2 Å². The van der Waals surface area contributed by atoms with Crippen LogP contribution in [0.2, 0.25) is 0 Å². The number of amides is 1. The van der Waals surface area contributed by atoms with Crippen LogP contribution in [0, 0.1) is 12.8 Å². The van der Waals surface area contributed by atoms with E-state index in [2.05, 4.69) is 10.0 Å². The average molecular weight is 391 g/mol. The van der Waals surface area contributed by atoms with Crippen LogP contribution < -0.4 is 14.8 Å². The summed E-state index contributed by atoms with van der Waals surface area (Å²) in [6.07, 6.45) is 0. The van der Waals surface area contributed by atoms with E-state index in [1.54, 1.807) is 44.4 Å². The van der Waals surface area contributed by atoms with Gasteiger partial charge < -0.3 is 10.1 Å². The summed E-state index contributed by atoms with van der Waals surface area (Å²) in [5.74, 6) is 0.748. The van der Waals surface area contributed by atoms with Crippen LogP contribution in [0.1, 0.15) is 35.3 Å². The van der Waals surface area contributed by atoms with Crippen LogP contribution in [0.4, 0.5) is 0 Å². The standard InChI is InChI=1S/C20H26N2O4S/c1-14(2)12-21-20(23)19-11-18(10-5-15(19)3)27(24,25)22-13-16-6-8-17(26-4)9-7-16/h5-11,14,22H,12-13H2,1-4H3,(H,21,23). The minimum atomic E-state index is -3.74. The molecule has 146 valence electrons. The second-order valence-electron chi connectivity index (χ2n) is 6.75. The summed E-state index contributed by atoms with van der Waals surface area (Å²) in [5, 5.41) is 2.82. The molecule has 27 heavy (non-hydrogen) atoms. The lowest BCUT2D eigenvalue weighted by molar-refractivity contribution is 0.0948. The molecule has 2 aromatic carbocycles. The molecule has 1 amide bonds. The van der Waals surface area contributed by atoms with Gasteiger partial charge in [-0.05, 0) is 48.2 Å². The van der Waals surface area contributed by atoms with Gasteiger partial charge in [-0.2, -0.15) is 0 Å². The van der Waals surface area contributed by atoms with Gasteiger partial charge in [0.2, 0.25) is 10.0 Å². The van der Waals surface area contributed by atoms with Gasteiger partial charge in [0.15, 0.2) is 0 Å². The fourth-order valence-electron chi connectivity index (χ4n) is 2.41. The molecule has 0 unspecified atom stereocenters. The quantitative estimate of drug-likeness (QED) is 0.726. The number of aryl methyl sites for hydroxylation is 1. The smallest absolute Gasteiger partial charge is 0.251 e. The third kappa shape index (κ3) is 5.80. The number of rotatable bonds is 8.